The third kappa shape index (κ3) is 5.35. The predicted molar refractivity (Wildman–Crippen MR) is 119 cm³/mol. The standard InChI is InChI=1S/C24H28N4O2/c1-17(2)15-27(19(4)29)16-24(30)25-23-14-22(20-8-6-5-7-9-20)26-28(23)21-12-10-18(3)11-13-21/h5-14,17H,15-16H2,1-4H3,(H,25,30). The number of aromatic nitrogens is 2. The van der Waals surface area contributed by atoms with Gasteiger partial charge in [-0.05, 0) is 25.0 Å². The van der Waals surface area contributed by atoms with Crippen molar-refractivity contribution in [1.29, 1.82) is 0 Å². The first-order valence-electron chi connectivity index (χ1n) is 10.1. The van der Waals surface area contributed by atoms with Crippen molar-refractivity contribution in [3.8, 4) is 16.9 Å². The van der Waals surface area contributed by atoms with Gasteiger partial charge in [-0.25, -0.2) is 4.68 Å². The molecule has 0 saturated carbocycles. The van der Waals surface area contributed by atoms with Gasteiger partial charge in [0.05, 0.1) is 17.9 Å². The number of carbonyl (C=O) groups excluding carboxylic acids is 2. The van der Waals surface area contributed by atoms with Crippen molar-refractivity contribution >= 4 is 17.6 Å². The second-order valence-electron chi connectivity index (χ2n) is 7.87. The Labute approximate surface area is 177 Å². The van der Waals surface area contributed by atoms with Gasteiger partial charge in [0.2, 0.25) is 11.8 Å². The van der Waals surface area contributed by atoms with E-state index < -0.39 is 0 Å². The fourth-order valence-corrected chi connectivity index (χ4v) is 3.20. The quantitative estimate of drug-likeness (QED) is 0.639. The Morgan fingerprint density at radius 3 is 2.33 bits per heavy atom. The number of hydrogen-bond donors (Lipinski definition) is 1. The van der Waals surface area contributed by atoms with Crippen LogP contribution in [0.4, 0.5) is 5.82 Å². The van der Waals surface area contributed by atoms with Gasteiger partial charge < -0.3 is 10.2 Å². The zero-order valence-corrected chi connectivity index (χ0v) is 17.9. The summed E-state index contributed by atoms with van der Waals surface area (Å²) in [6.45, 7) is 8.09. The molecule has 0 aliphatic carbocycles. The molecule has 30 heavy (non-hydrogen) atoms. The summed E-state index contributed by atoms with van der Waals surface area (Å²) < 4.78 is 1.72. The zero-order valence-electron chi connectivity index (χ0n) is 17.9. The van der Waals surface area contributed by atoms with Crippen LogP contribution in [0.2, 0.25) is 0 Å². The third-order valence-electron chi connectivity index (χ3n) is 4.69. The van der Waals surface area contributed by atoms with Crippen molar-refractivity contribution in [2.24, 2.45) is 5.92 Å². The van der Waals surface area contributed by atoms with Gasteiger partial charge >= 0.3 is 0 Å². The van der Waals surface area contributed by atoms with E-state index in [9.17, 15) is 9.59 Å². The van der Waals surface area contributed by atoms with Crippen LogP contribution in [0.3, 0.4) is 0 Å². The number of aryl methyl sites for hydroxylation is 1. The summed E-state index contributed by atoms with van der Waals surface area (Å²) in [5, 5.41) is 7.66. The van der Waals surface area contributed by atoms with Crippen LogP contribution in [0.5, 0.6) is 0 Å². The van der Waals surface area contributed by atoms with E-state index in [0.29, 0.717) is 12.4 Å². The van der Waals surface area contributed by atoms with E-state index in [0.717, 1.165) is 22.5 Å². The van der Waals surface area contributed by atoms with E-state index in [1.165, 1.54) is 6.92 Å². The normalized spacial score (nSPS) is 10.8. The van der Waals surface area contributed by atoms with Crippen molar-refractivity contribution < 1.29 is 9.59 Å². The lowest BCUT2D eigenvalue weighted by molar-refractivity contribution is -0.133. The molecule has 6 heteroatoms. The van der Waals surface area contributed by atoms with Crippen LogP contribution in [0.15, 0.2) is 60.7 Å². The van der Waals surface area contributed by atoms with Crippen LogP contribution in [-0.2, 0) is 9.59 Å². The average molecular weight is 405 g/mol. The molecular weight excluding hydrogens is 376 g/mol. The van der Waals surface area contributed by atoms with Gasteiger partial charge in [-0.2, -0.15) is 5.10 Å². The first-order valence-corrected chi connectivity index (χ1v) is 10.1. The summed E-state index contributed by atoms with van der Waals surface area (Å²) in [4.78, 5) is 26.2. The second kappa shape index (κ2) is 9.39. The lowest BCUT2D eigenvalue weighted by Gasteiger charge is -2.22. The number of amides is 2. The van der Waals surface area contributed by atoms with Gasteiger partial charge in [-0.1, -0.05) is 61.9 Å². The molecule has 156 valence electrons. The Hall–Kier alpha value is -3.41. The van der Waals surface area contributed by atoms with Gasteiger partial charge in [0.25, 0.3) is 0 Å². The fourth-order valence-electron chi connectivity index (χ4n) is 3.20. The molecule has 0 aliphatic heterocycles. The van der Waals surface area contributed by atoms with Crippen molar-refractivity contribution in [3.63, 3.8) is 0 Å². The number of anilines is 1. The van der Waals surface area contributed by atoms with Crippen LogP contribution in [0.1, 0.15) is 26.3 Å². The van der Waals surface area contributed by atoms with Crippen LogP contribution >= 0.6 is 0 Å². The number of nitrogens with zero attached hydrogens (tertiary/aromatic N) is 3. The fraction of sp³-hybridized carbons (Fsp3) is 0.292. The van der Waals surface area contributed by atoms with Crippen LogP contribution in [-0.4, -0.2) is 39.6 Å². The molecule has 3 rings (SSSR count). The molecule has 1 aromatic heterocycles. The molecule has 2 aromatic carbocycles. The molecular formula is C24H28N4O2. The lowest BCUT2D eigenvalue weighted by atomic mass is 10.1. The Morgan fingerprint density at radius 2 is 1.73 bits per heavy atom. The highest BCUT2D eigenvalue weighted by Crippen LogP contribution is 2.25. The van der Waals surface area contributed by atoms with Crippen LogP contribution in [0, 0.1) is 12.8 Å². The first kappa shape index (κ1) is 21.3. The van der Waals surface area contributed by atoms with E-state index >= 15 is 0 Å². The molecule has 6 nitrogen and oxygen atoms in total. The lowest BCUT2D eigenvalue weighted by Crippen LogP contribution is -2.39. The van der Waals surface area contributed by atoms with Crippen molar-refractivity contribution in [1.82, 2.24) is 14.7 Å². The Bertz CT molecular complexity index is 1010. The Morgan fingerprint density at radius 1 is 1.07 bits per heavy atom. The summed E-state index contributed by atoms with van der Waals surface area (Å²) in [5.74, 6) is 0.481. The van der Waals surface area contributed by atoms with Gasteiger partial charge in [0, 0.05) is 25.1 Å². The van der Waals surface area contributed by atoms with E-state index in [1.54, 1.807) is 9.58 Å². The molecule has 1 N–H and O–H groups in total. The maximum atomic E-state index is 12.7. The molecule has 2 amide bonds. The van der Waals surface area contributed by atoms with E-state index in [4.69, 9.17) is 5.10 Å². The third-order valence-corrected chi connectivity index (χ3v) is 4.69. The molecule has 1 heterocycles. The van der Waals surface area contributed by atoms with Crippen LogP contribution in [0.25, 0.3) is 16.9 Å². The first-order chi connectivity index (χ1) is 14.3. The average Bonchev–Trinajstić information content (AvgIpc) is 3.12. The highest BCUT2D eigenvalue weighted by Gasteiger charge is 2.18. The van der Waals surface area contributed by atoms with E-state index in [-0.39, 0.29) is 24.3 Å². The minimum absolute atomic E-state index is 0.00720. The summed E-state index contributed by atoms with van der Waals surface area (Å²) in [5.41, 5.74) is 3.72. The van der Waals surface area contributed by atoms with Crippen molar-refractivity contribution in [3.05, 3.63) is 66.2 Å². The van der Waals surface area contributed by atoms with E-state index in [2.05, 4.69) is 5.32 Å². The maximum Gasteiger partial charge on any atom is 0.245 e. The van der Waals surface area contributed by atoms with Gasteiger partial charge in [-0.15, -0.1) is 0 Å². The largest absolute Gasteiger partial charge is 0.333 e. The summed E-state index contributed by atoms with van der Waals surface area (Å²) in [6, 6.07) is 19.6. The highest BCUT2D eigenvalue weighted by molar-refractivity contribution is 5.94. The topological polar surface area (TPSA) is 67.2 Å². The molecule has 0 saturated heterocycles. The summed E-state index contributed by atoms with van der Waals surface area (Å²) in [7, 11) is 0. The van der Waals surface area contributed by atoms with Crippen molar-refractivity contribution in [2.75, 3.05) is 18.4 Å². The molecule has 0 unspecified atom stereocenters. The molecule has 0 aliphatic rings. The minimum atomic E-state index is -0.251. The zero-order chi connectivity index (χ0) is 21.7. The monoisotopic (exact) mass is 404 g/mol. The van der Waals surface area contributed by atoms with E-state index in [1.807, 2.05) is 81.4 Å². The number of rotatable bonds is 7. The number of nitrogens with one attached hydrogen (secondary N) is 1. The molecule has 3 aromatic rings. The molecule has 0 spiro atoms. The highest BCUT2D eigenvalue weighted by atomic mass is 16.2. The Kier molecular flexibility index (Phi) is 6.67. The maximum absolute atomic E-state index is 12.7. The second-order valence-corrected chi connectivity index (χ2v) is 7.87. The summed E-state index contributed by atoms with van der Waals surface area (Å²) >= 11 is 0. The number of benzene rings is 2. The SMILES string of the molecule is CC(=O)N(CC(=O)Nc1cc(-c2ccccc2)nn1-c1ccc(C)cc1)CC(C)C. The molecule has 0 atom stereocenters. The molecule has 0 bridgehead atoms. The molecule has 0 radical (unpaired) electrons. The van der Waals surface area contributed by atoms with Gasteiger partial charge in [-0.3, -0.25) is 9.59 Å². The number of carbonyl (C=O) groups is 2. The van der Waals surface area contributed by atoms with Gasteiger partial charge in [0.15, 0.2) is 0 Å². The predicted octanol–water partition coefficient (Wildman–Crippen LogP) is 4.29. The van der Waals surface area contributed by atoms with Crippen molar-refractivity contribution in [2.45, 2.75) is 27.7 Å². The number of hydrogen-bond acceptors (Lipinski definition) is 3. The smallest absolute Gasteiger partial charge is 0.245 e. The minimum Gasteiger partial charge on any atom is -0.333 e. The van der Waals surface area contributed by atoms with Gasteiger partial charge in [0.1, 0.15) is 5.82 Å². The van der Waals surface area contributed by atoms with Crippen LogP contribution < -0.4 is 5.32 Å². The summed E-state index contributed by atoms with van der Waals surface area (Å²) in [6.07, 6.45) is 0. The Balaban J connectivity index is 1.90. The molecule has 0 fully saturated rings.